The van der Waals surface area contributed by atoms with Crippen molar-refractivity contribution >= 4 is 5.97 Å². The third-order valence-electron chi connectivity index (χ3n) is 3.85. The van der Waals surface area contributed by atoms with Crippen LogP contribution in [0.1, 0.15) is 24.5 Å². The van der Waals surface area contributed by atoms with Gasteiger partial charge in [-0.05, 0) is 49.4 Å². The Hall–Kier alpha value is -2.20. The second-order valence-corrected chi connectivity index (χ2v) is 5.81. The molecule has 0 spiro atoms. The Morgan fingerprint density at radius 2 is 1.74 bits per heavy atom. The first-order valence-corrected chi connectivity index (χ1v) is 7.82. The fourth-order valence-electron chi connectivity index (χ4n) is 2.53. The summed E-state index contributed by atoms with van der Waals surface area (Å²) in [4.78, 5) is 11.4. The molecular formula is C19H22FNO2. The minimum atomic E-state index is -0.845. The molecule has 0 aliphatic rings. The number of carboxylic acids is 1. The molecule has 0 fully saturated rings. The molecule has 1 unspecified atom stereocenters. The van der Waals surface area contributed by atoms with E-state index in [0.29, 0.717) is 6.42 Å². The molecule has 2 atom stereocenters. The molecule has 4 heteroatoms. The molecule has 0 heterocycles. The summed E-state index contributed by atoms with van der Waals surface area (Å²) in [5.74, 6) is -1.09. The molecule has 3 nitrogen and oxygen atoms in total. The first kappa shape index (κ1) is 17.2. The molecule has 23 heavy (non-hydrogen) atoms. The highest BCUT2D eigenvalue weighted by molar-refractivity contribution is 5.74. The van der Waals surface area contributed by atoms with Crippen LogP contribution in [0.25, 0.3) is 0 Å². The average molecular weight is 315 g/mol. The van der Waals surface area contributed by atoms with E-state index < -0.39 is 12.0 Å². The van der Waals surface area contributed by atoms with Crippen molar-refractivity contribution in [3.8, 4) is 0 Å². The molecule has 0 aromatic heterocycles. The Bertz CT molecular complexity index is 613. The van der Waals surface area contributed by atoms with Crippen molar-refractivity contribution in [2.75, 3.05) is 0 Å². The largest absolute Gasteiger partial charge is 0.480 e. The number of carbonyl (C=O) groups is 1. The maximum atomic E-state index is 12.9. The molecule has 2 aromatic carbocycles. The van der Waals surface area contributed by atoms with Crippen LogP contribution in [0, 0.1) is 5.82 Å². The van der Waals surface area contributed by atoms with Gasteiger partial charge in [0.1, 0.15) is 11.9 Å². The summed E-state index contributed by atoms with van der Waals surface area (Å²) in [6.45, 7) is 1.98. The van der Waals surface area contributed by atoms with Gasteiger partial charge in [0, 0.05) is 6.04 Å². The van der Waals surface area contributed by atoms with Crippen LogP contribution >= 0.6 is 0 Å². The lowest BCUT2D eigenvalue weighted by Gasteiger charge is -2.20. The minimum Gasteiger partial charge on any atom is -0.480 e. The Kier molecular flexibility index (Phi) is 6.29. The van der Waals surface area contributed by atoms with E-state index in [0.717, 1.165) is 24.0 Å². The van der Waals surface area contributed by atoms with Crippen molar-refractivity contribution in [1.82, 2.24) is 5.32 Å². The van der Waals surface area contributed by atoms with Gasteiger partial charge in [0.25, 0.3) is 0 Å². The van der Waals surface area contributed by atoms with Gasteiger partial charge in [-0.2, -0.15) is 0 Å². The fraction of sp³-hybridized carbons (Fsp3) is 0.316. The van der Waals surface area contributed by atoms with E-state index in [4.69, 9.17) is 0 Å². The first-order valence-electron chi connectivity index (χ1n) is 7.82. The van der Waals surface area contributed by atoms with Gasteiger partial charge < -0.3 is 10.4 Å². The van der Waals surface area contributed by atoms with Crippen molar-refractivity contribution in [1.29, 1.82) is 0 Å². The van der Waals surface area contributed by atoms with Gasteiger partial charge in [0.15, 0.2) is 0 Å². The number of halogens is 1. The van der Waals surface area contributed by atoms with Crippen molar-refractivity contribution < 1.29 is 14.3 Å². The molecular weight excluding hydrogens is 293 g/mol. The van der Waals surface area contributed by atoms with E-state index in [1.54, 1.807) is 12.1 Å². The van der Waals surface area contributed by atoms with Crippen LogP contribution < -0.4 is 5.32 Å². The molecule has 0 aliphatic heterocycles. The number of carboxylic acid groups (broad SMARTS) is 1. The molecule has 2 rings (SSSR count). The topological polar surface area (TPSA) is 49.3 Å². The average Bonchev–Trinajstić information content (AvgIpc) is 2.54. The van der Waals surface area contributed by atoms with Crippen molar-refractivity contribution in [2.45, 2.75) is 38.3 Å². The van der Waals surface area contributed by atoms with Crippen molar-refractivity contribution in [2.24, 2.45) is 0 Å². The van der Waals surface area contributed by atoms with E-state index in [2.05, 4.69) is 5.32 Å². The van der Waals surface area contributed by atoms with Gasteiger partial charge in [-0.15, -0.1) is 0 Å². The van der Waals surface area contributed by atoms with Crippen LogP contribution in [-0.2, 0) is 17.6 Å². The second-order valence-electron chi connectivity index (χ2n) is 5.81. The number of aryl methyl sites for hydroxylation is 1. The summed E-state index contributed by atoms with van der Waals surface area (Å²) in [6.07, 6.45) is 2.04. The number of benzene rings is 2. The SMILES string of the molecule is CC(CCc1ccc(F)cc1)N[C@H](Cc1ccccc1)C(=O)O. The summed E-state index contributed by atoms with van der Waals surface area (Å²) in [5, 5.41) is 12.6. The summed E-state index contributed by atoms with van der Waals surface area (Å²) in [7, 11) is 0. The quantitative estimate of drug-likeness (QED) is 0.784. The third kappa shape index (κ3) is 5.83. The van der Waals surface area contributed by atoms with Crippen LogP contribution in [0.4, 0.5) is 4.39 Å². The number of aliphatic carboxylic acids is 1. The predicted octanol–water partition coefficient (Wildman–Crippen LogP) is 3.43. The Morgan fingerprint density at radius 1 is 1.09 bits per heavy atom. The van der Waals surface area contributed by atoms with E-state index in [1.165, 1.54) is 12.1 Å². The van der Waals surface area contributed by atoms with Crippen molar-refractivity contribution in [3.05, 3.63) is 71.5 Å². The zero-order valence-electron chi connectivity index (χ0n) is 13.2. The van der Waals surface area contributed by atoms with Gasteiger partial charge in [-0.3, -0.25) is 4.79 Å². The highest BCUT2D eigenvalue weighted by Crippen LogP contribution is 2.09. The number of hydrogen-bond acceptors (Lipinski definition) is 2. The molecule has 0 saturated carbocycles. The van der Waals surface area contributed by atoms with Crippen LogP contribution in [0.15, 0.2) is 54.6 Å². The highest BCUT2D eigenvalue weighted by atomic mass is 19.1. The van der Waals surface area contributed by atoms with Gasteiger partial charge in [-0.25, -0.2) is 4.39 Å². The number of rotatable bonds is 8. The first-order chi connectivity index (χ1) is 11.0. The normalized spacial score (nSPS) is 13.5. The smallest absolute Gasteiger partial charge is 0.321 e. The standard InChI is InChI=1S/C19H22FNO2/c1-14(7-8-15-9-11-17(20)12-10-15)21-18(19(22)23)13-16-5-3-2-4-6-16/h2-6,9-12,14,18,21H,7-8,13H2,1H3,(H,22,23)/t14?,18-/m1/s1. The lowest BCUT2D eigenvalue weighted by Crippen LogP contribution is -2.43. The zero-order chi connectivity index (χ0) is 16.7. The molecule has 0 radical (unpaired) electrons. The summed E-state index contributed by atoms with van der Waals surface area (Å²) in [6, 6.07) is 15.5. The molecule has 0 bridgehead atoms. The Balaban J connectivity index is 1.86. The number of nitrogens with one attached hydrogen (secondary N) is 1. The van der Waals surface area contributed by atoms with E-state index in [1.807, 2.05) is 37.3 Å². The maximum absolute atomic E-state index is 12.9. The predicted molar refractivity (Wildman–Crippen MR) is 88.9 cm³/mol. The summed E-state index contributed by atoms with van der Waals surface area (Å²) < 4.78 is 12.9. The molecule has 0 aliphatic carbocycles. The van der Waals surface area contributed by atoms with Gasteiger partial charge in [0.2, 0.25) is 0 Å². The van der Waals surface area contributed by atoms with Crippen molar-refractivity contribution in [3.63, 3.8) is 0 Å². The fourth-order valence-corrected chi connectivity index (χ4v) is 2.53. The lowest BCUT2D eigenvalue weighted by molar-refractivity contribution is -0.139. The van der Waals surface area contributed by atoms with E-state index in [9.17, 15) is 14.3 Å². The van der Waals surface area contributed by atoms with Gasteiger partial charge in [0.05, 0.1) is 0 Å². The minimum absolute atomic E-state index is 0.0601. The second kappa shape index (κ2) is 8.44. The van der Waals surface area contributed by atoms with Crippen LogP contribution in [0.3, 0.4) is 0 Å². The number of hydrogen-bond donors (Lipinski definition) is 2. The molecule has 0 amide bonds. The highest BCUT2D eigenvalue weighted by Gasteiger charge is 2.19. The molecule has 0 saturated heterocycles. The monoisotopic (exact) mass is 315 g/mol. The maximum Gasteiger partial charge on any atom is 0.321 e. The summed E-state index contributed by atoms with van der Waals surface area (Å²) in [5.41, 5.74) is 2.05. The lowest BCUT2D eigenvalue weighted by atomic mass is 10.0. The molecule has 122 valence electrons. The Morgan fingerprint density at radius 3 is 2.35 bits per heavy atom. The summed E-state index contributed by atoms with van der Waals surface area (Å²) >= 11 is 0. The van der Waals surface area contributed by atoms with Crippen LogP contribution in [0.5, 0.6) is 0 Å². The van der Waals surface area contributed by atoms with Gasteiger partial charge in [-0.1, -0.05) is 42.5 Å². The van der Waals surface area contributed by atoms with Gasteiger partial charge >= 0.3 is 5.97 Å². The zero-order valence-corrected chi connectivity index (χ0v) is 13.2. The van der Waals surface area contributed by atoms with E-state index >= 15 is 0 Å². The molecule has 2 aromatic rings. The van der Waals surface area contributed by atoms with E-state index in [-0.39, 0.29) is 11.9 Å². The molecule has 2 N–H and O–H groups in total. The third-order valence-corrected chi connectivity index (χ3v) is 3.85. The Labute approximate surface area is 136 Å². The van der Waals surface area contributed by atoms with Crippen LogP contribution in [-0.4, -0.2) is 23.2 Å². The van der Waals surface area contributed by atoms with Crippen LogP contribution in [0.2, 0.25) is 0 Å².